The Morgan fingerprint density at radius 3 is 2.85 bits per heavy atom. The first kappa shape index (κ1) is 16.0. The molecular weight excluding hydrogens is 258 g/mol. The van der Waals surface area contributed by atoms with Gasteiger partial charge in [0.2, 0.25) is 0 Å². The van der Waals surface area contributed by atoms with E-state index in [9.17, 15) is 4.79 Å². The molecule has 0 atom stereocenters. The van der Waals surface area contributed by atoms with Crippen molar-refractivity contribution < 1.29 is 5.21 Å². The van der Waals surface area contributed by atoms with Gasteiger partial charge >= 0.3 is 0 Å². The molecule has 3 N–H and O–H groups in total. The van der Waals surface area contributed by atoms with Crippen LogP contribution in [0.1, 0.15) is 27.2 Å². The average molecular weight is 281 g/mol. The van der Waals surface area contributed by atoms with Gasteiger partial charge < -0.3 is 20.4 Å². The van der Waals surface area contributed by atoms with E-state index in [1.54, 1.807) is 17.0 Å². The van der Waals surface area contributed by atoms with E-state index in [2.05, 4.69) is 24.0 Å². The Hall–Kier alpha value is -2.05. The van der Waals surface area contributed by atoms with Crippen LogP contribution >= 0.6 is 0 Å². The van der Waals surface area contributed by atoms with Gasteiger partial charge in [-0.25, -0.2) is 4.98 Å². The number of anilines is 1. The van der Waals surface area contributed by atoms with E-state index >= 15 is 0 Å². The van der Waals surface area contributed by atoms with Crippen LogP contribution < -0.4 is 16.2 Å². The summed E-state index contributed by atoms with van der Waals surface area (Å²) < 4.78 is 1.67. The van der Waals surface area contributed by atoms with Gasteiger partial charge in [-0.2, -0.15) is 0 Å². The van der Waals surface area contributed by atoms with Crippen LogP contribution in [0.25, 0.3) is 0 Å². The van der Waals surface area contributed by atoms with Gasteiger partial charge in [-0.15, -0.1) is 0 Å². The van der Waals surface area contributed by atoms with Crippen LogP contribution in [0, 0.1) is 5.92 Å². The summed E-state index contributed by atoms with van der Waals surface area (Å²) in [6, 6.07) is 0. The van der Waals surface area contributed by atoms with Gasteiger partial charge in [-0.1, -0.05) is 19.0 Å². The molecular formula is C13H23N5O2. The molecule has 1 aromatic rings. The molecule has 7 nitrogen and oxygen atoms in total. The number of hydrogen-bond donors (Lipinski definition) is 2. The van der Waals surface area contributed by atoms with Crippen LogP contribution in [0.15, 0.2) is 22.3 Å². The molecule has 20 heavy (non-hydrogen) atoms. The van der Waals surface area contributed by atoms with Crippen LogP contribution in [0.4, 0.5) is 5.82 Å². The fourth-order valence-corrected chi connectivity index (χ4v) is 1.90. The number of hydrogen-bond acceptors (Lipinski definition) is 5. The van der Waals surface area contributed by atoms with Crippen molar-refractivity contribution in [2.24, 2.45) is 16.8 Å². The fraction of sp³-hybridized carbons (Fsp3) is 0.615. The standard InChI is InChI=1S/C13H23N5O2/c1-4-17(7-5-11(14)16-20)12-13(19)18(8-6-15-12)9-10(2)3/h6,8,10,20H,4-5,7,9H2,1-3H3,(H2,14,16). The van der Waals surface area contributed by atoms with Gasteiger partial charge in [0.1, 0.15) is 5.84 Å². The Morgan fingerprint density at radius 2 is 2.30 bits per heavy atom. The van der Waals surface area contributed by atoms with E-state index in [-0.39, 0.29) is 11.4 Å². The van der Waals surface area contributed by atoms with Crippen molar-refractivity contribution in [2.45, 2.75) is 33.7 Å². The van der Waals surface area contributed by atoms with E-state index in [0.29, 0.717) is 37.8 Å². The molecule has 0 aliphatic heterocycles. The van der Waals surface area contributed by atoms with Gasteiger partial charge in [0, 0.05) is 38.4 Å². The predicted molar refractivity (Wildman–Crippen MR) is 79.2 cm³/mol. The van der Waals surface area contributed by atoms with Crippen LogP contribution in [-0.4, -0.2) is 33.7 Å². The summed E-state index contributed by atoms with van der Waals surface area (Å²) in [6.45, 7) is 7.83. The molecule has 0 unspecified atom stereocenters. The molecule has 112 valence electrons. The molecule has 1 rings (SSSR count). The Balaban J connectivity index is 2.95. The number of amidine groups is 1. The van der Waals surface area contributed by atoms with Gasteiger partial charge in [0.25, 0.3) is 5.56 Å². The zero-order valence-electron chi connectivity index (χ0n) is 12.3. The lowest BCUT2D eigenvalue weighted by Gasteiger charge is -2.21. The number of oxime groups is 1. The second-order valence-corrected chi connectivity index (χ2v) is 5.02. The molecule has 1 aromatic heterocycles. The second-order valence-electron chi connectivity index (χ2n) is 5.02. The number of aromatic nitrogens is 2. The minimum atomic E-state index is -0.109. The summed E-state index contributed by atoms with van der Waals surface area (Å²) in [5.41, 5.74) is 5.35. The van der Waals surface area contributed by atoms with E-state index < -0.39 is 0 Å². The number of nitrogens with two attached hydrogens (primary N) is 1. The quantitative estimate of drug-likeness (QED) is 0.334. The molecule has 0 aliphatic rings. The van der Waals surface area contributed by atoms with Crippen molar-refractivity contribution in [1.29, 1.82) is 0 Å². The third kappa shape index (κ3) is 4.25. The summed E-state index contributed by atoms with van der Waals surface area (Å²) in [5, 5.41) is 11.5. The lowest BCUT2D eigenvalue weighted by molar-refractivity contribution is 0.317. The molecule has 0 saturated carbocycles. The molecule has 0 fully saturated rings. The Labute approximate surface area is 118 Å². The molecule has 0 amide bonds. The lowest BCUT2D eigenvalue weighted by Crippen LogP contribution is -2.35. The largest absolute Gasteiger partial charge is 0.409 e. The minimum Gasteiger partial charge on any atom is -0.409 e. The van der Waals surface area contributed by atoms with Gasteiger partial charge in [0.05, 0.1) is 0 Å². The summed E-state index contributed by atoms with van der Waals surface area (Å²) in [5.74, 6) is 0.929. The average Bonchev–Trinajstić information content (AvgIpc) is 2.42. The maximum absolute atomic E-state index is 12.4. The number of rotatable bonds is 7. The highest BCUT2D eigenvalue weighted by Crippen LogP contribution is 2.05. The lowest BCUT2D eigenvalue weighted by atomic mass is 10.2. The Bertz CT molecular complexity index is 510. The van der Waals surface area contributed by atoms with Crippen molar-refractivity contribution in [3.05, 3.63) is 22.7 Å². The smallest absolute Gasteiger partial charge is 0.293 e. The van der Waals surface area contributed by atoms with Gasteiger partial charge in [-0.05, 0) is 12.8 Å². The van der Waals surface area contributed by atoms with Crippen molar-refractivity contribution in [3.8, 4) is 0 Å². The predicted octanol–water partition coefficient (Wildman–Crippen LogP) is 0.862. The number of nitrogens with zero attached hydrogens (tertiary/aromatic N) is 4. The highest BCUT2D eigenvalue weighted by molar-refractivity contribution is 5.80. The zero-order valence-corrected chi connectivity index (χ0v) is 12.3. The maximum Gasteiger partial charge on any atom is 0.293 e. The summed E-state index contributed by atoms with van der Waals surface area (Å²) in [6.07, 6.45) is 3.71. The summed E-state index contributed by atoms with van der Waals surface area (Å²) >= 11 is 0. The summed E-state index contributed by atoms with van der Waals surface area (Å²) in [4.78, 5) is 18.4. The molecule has 0 radical (unpaired) electrons. The molecule has 0 saturated heterocycles. The van der Waals surface area contributed by atoms with Gasteiger partial charge in [-0.3, -0.25) is 4.79 Å². The van der Waals surface area contributed by atoms with Crippen molar-refractivity contribution in [3.63, 3.8) is 0 Å². The first-order valence-electron chi connectivity index (χ1n) is 6.76. The van der Waals surface area contributed by atoms with Crippen molar-refractivity contribution in [2.75, 3.05) is 18.0 Å². The van der Waals surface area contributed by atoms with Crippen molar-refractivity contribution >= 4 is 11.7 Å². The first-order chi connectivity index (χ1) is 9.49. The van der Waals surface area contributed by atoms with E-state index in [4.69, 9.17) is 10.9 Å². The third-order valence-corrected chi connectivity index (χ3v) is 2.90. The molecule has 0 aliphatic carbocycles. The van der Waals surface area contributed by atoms with E-state index in [1.807, 2.05) is 11.8 Å². The highest BCUT2D eigenvalue weighted by atomic mass is 16.4. The van der Waals surface area contributed by atoms with E-state index in [0.717, 1.165) is 0 Å². The monoisotopic (exact) mass is 281 g/mol. The molecule has 0 aromatic carbocycles. The maximum atomic E-state index is 12.4. The Kier molecular flexibility index (Phi) is 6.02. The Morgan fingerprint density at radius 1 is 1.60 bits per heavy atom. The van der Waals surface area contributed by atoms with Crippen LogP contribution in [-0.2, 0) is 6.54 Å². The van der Waals surface area contributed by atoms with E-state index in [1.165, 1.54) is 0 Å². The normalized spacial score (nSPS) is 11.9. The highest BCUT2D eigenvalue weighted by Gasteiger charge is 2.13. The van der Waals surface area contributed by atoms with Gasteiger partial charge in [0.15, 0.2) is 5.82 Å². The fourth-order valence-electron chi connectivity index (χ4n) is 1.90. The molecule has 0 bridgehead atoms. The first-order valence-corrected chi connectivity index (χ1v) is 6.76. The van der Waals surface area contributed by atoms with Crippen LogP contribution in [0.3, 0.4) is 0 Å². The molecule has 1 heterocycles. The van der Waals surface area contributed by atoms with Crippen molar-refractivity contribution in [1.82, 2.24) is 9.55 Å². The second kappa shape index (κ2) is 7.52. The topological polar surface area (TPSA) is 96.7 Å². The minimum absolute atomic E-state index is 0.109. The third-order valence-electron chi connectivity index (χ3n) is 2.90. The summed E-state index contributed by atoms with van der Waals surface area (Å²) in [7, 11) is 0. The van der Waals surface area contributed by atoms with Crippen LogP contribution in [0.5, 0.6) is 0 Å². The zero-order chi connectivity index (χ0) is 15.1. The van der Waals surface area contributed by atoms with Crippen LogP contribution in [0.2, 0.25) is 0 Å². The SMILES string of the molecule is CCN(CCC(N)=NO)c1nccn(CC(C)C)c1=O. The molecule has 7 heteroatoms. The molecule has 0 spiro atoms.